The third-order valence-electron chi connectivity index (χ3n) is 14.1. The fraction of sp³-hybridized carbons (Fsp3) is 0. The largest absolute Gasteiger partial charge is 0.308 e. The van der Waals surface area contributed by atoms with Crippen LogP contribution >= 0.6 is 0 Å². The van der Waals surface area contributed by atoms with Gasteiger partial charge < -0.3 is 8.80 Å². The molecule has 15 aromatic rings. The fourth-order valence-electron chi connectivity index (χ4n) is 11.4. The summed E-state index contributed by atoms with van der Waals surface area (Å²) in [4.78, 5) is 0. The number of rotatable bonds is 3. The fourth-order valence-corrected chi connectivity index (χ4v) is 11.4. The Hall–Kier alpha value is -8.20. The molecule has 0 atom stereocenters. The van der Waals surface area contributed by atoms with E-state index in [0.29, 0.717) is 0 Å². The standard InChI is InChI=1S/C60H34N2/c1-2-16-43-41(14-1)42-15-3-4-17-44(42)49-29-37(24-26-45(43)49)35-12-11-13-36(28-35)38-25-27-58-50(30-38)54-34-40(33-53-48-20-7-10-23-57(48)62(58)60(53)54)39-31-51-46-18-5-8-21-55(46)61-56-22-9-6-19-47(56)52(32-39)59(51)61/h1-34H. The van der Waals surface area contributed by atoms with Gasteiger partial charge in [-0.1, -0.05) is 140 Å². The van der Waals surface area contributed by atoms with Crippen LogP contribution in [0.4, 0.5) is 0 Å². The molecular weight excluding hydrogens is 749 g/mol. The number of fused-ring (bicyclic) bond motifs is 18. The lowest BCUT2D eigenvalue weighted by atomic mass is 9.91. The van der Waals surface area contributed by atoms with E-state index in [0.717, 1.165) is 0 Å². The summed E-state index contributed by atoms with van der Waals surface area (Å²) in [7, 11) is 0. The van der Waals surface area contributed by atoms with E-state index < -0.39 is 0 Å². The van der Waals surface area contributed by atoms with Crippen LogP contribution < -0.4 is 0 Å². The number of aromatic nitrogens is 2. The van der Waals surface area contributed by atoms with E-state index in [2.05, 4.69) is 215 Å². The van der Waals surface area contributed by atoms with Crippen molar-refractivity contribution in [1.29, 1.82) is 0 Å². The van der Waals surface area contributed by atoms with E-state index >= 15 is 0 Å². The summed E-state index contributed by atoms with van der Waals surface area (Å²) in [6.45, 7) is 0. The lowest BCUT2D eigenvalue weighted by Crippen LogP contribution is -1.86. The molecule has 62 heavy (non-hydrogen) atoms. The summed E-state index contributed by atoms with van der Waals surface area (Å²) in [5, 5.41) is 18.1. The summed E-state index contributed by atoms with van der Waals surface area (Å²) in [6.07, 6.45) is 0. The summed E-state index contributed by atoms with van der Waals surface area (Å²) < 4.78 is 4.96. The number of benzene rings is 11. The van der Waals surface area contributed by atoms with Gasteiger partial charge in [0.15, 0.2) is 0 Å². The zero-order valence-corrected chi connectivity index (χ0v) is 33.5. The average Bonchev–Trinajstić information content (AvgIpc) is 4.07. The predicted octanol–water partition coefficient (Wildman–Crippen LogP) is 16.4. The van der Waals surface area contributed by atoms with Crippen molar-refractivity contribution in [3.05, 3.63) is 206 Å². The first-order chi connectivity index (χ1) is 30.7. The van der Waals surface area contributed by atoms with Gasteiger partial charge in [0, 0.05) is 43.1 Å². The Balaban J connectivity index is 0.940. The molecule has 0 amide bonds. The van der Waals surface area contributed by atoms with Crippen LogP contribution in [0.2, 0.25) is 0 Å². The van der Waals surface area contributed by atoms with Crippen LogP contribution in [0.3, 0.4) is 0 Å². The number of hydrogen-bond acceptors (Lipinski definition) is 0. The maximum absolute atomic E-state index is 2.50. The van der Waals surface area contributed by atoms with Gasteiger partial charge in [0.2, 0.25) is 0 Å². The zero-order valence-electron chi connectivity index (χ0n) is 33.5. The smallest absolute Gasteiger partial charge is 0.0620 e. The van der Waals surface area contributed by atoms with Gasteiger partial charge in [-0.15, -0.1) is 0 Å². The Kier molecular flexibility index (Phi) is 6.18. The first-order valence-electron chi connectivity index (χ1n) is 21.6. The third-order valence-corrected chi connectivity index (χ3v) is 14.1. The Morgan fingerprint density at radius 3 is 0.984 bits per heavy atom. The third kappa shape index (κ3) is 4.18. The van der Waals surface area contributed by atoms with Gasteiger partial charge in [-0.2, -0.15) is 0 Å². The molecular formula is C60H34N2. The van der Waals surface area contributed by atoms with Gasteiger partial charge in [-0.05, 0) is 132 Å². The van der Waals surface area contributed by atoms with Crippen molar-refractivity contribution in [2.24, 2.45) is 0 Å². The summed E-state index contributed by atoms with van der Waals surface area (Å²) >= 11 is 0. The molecule has 15 rings (SSSR count). The molecule has 0 saturated heterocycles. The minimum Gasteiger partial charge on any atom is -0.308 e. The quantitative estimate of drug-likeness (QED) is 0.158. The lowest BCUT2D eigenvalue weighted by Gasteiger charge is -2.12. The normalized spacial score (nSPS) is 12.5. The molecule has 0 unspecified atom stereocenters. The van der Waals surface area contributed by atoms with E-state index in [-0.39, 0.29) is 0 Å². The molecule has 0 aliphatic rings. The van der Waals surface area contributed by atoms with Crippen molar-refractivity contribution in [2.75, 3.05) is 0 Å². The van der Waals surface area contributed by atoms with Crippen molar-refractivity contribution in [3.63, 3.8) is 0 Å². The van der Waals surface area contributed by atoms with Crippen molar-refractivity contribution < 1.29 is 0 Å². The molecule has 4 heterocycles. The van der Waals surface area contributed by atoms with E-state index in [9.17, 15) is 0 Å². The second kappa shape index (κ2) is 11.8. The maximum atomic E-state index is 2.50. The molecule has 284 valence electrons. The first kappa shape index (κ1) is 32.6. The van der Waals surface area contributed by atoms with Crippen molar-refractivity contribution in [1.82, 2.24) is 8.80 Å². The summed E-state index contributed by atoms with van der Waals surface area (Å²) in [5.41, 5.74) is 15.0. The molecule has 0 bridgehead atoms. The molecule has 0 aliphatic heterocycles. The highest BCUT2D eigenvalue weighted by atomic mass is 14.9. The van der Waals surface area contributed by atoms with Gasteiger partial charge >= 0.3 is 0 Å². The minimum absolute atomic E-state index is 1.21. The highest BCUT2D eigenvalue weighted by Gasteiger charge is 2.22. The Morgan fingerprint density at radius 2 is 0.500 bits per heavy atom. The minimum atomic E-state index is 1.21. The first-order valence-corrected chi connectivity index (χ1v) is 21.6. The van der Waals surface area contributed by atoms with Gasteiger partial charge in [-0.3, -0.25) is 0 Å². The molecule has 4 aromatic heterocycles. The van der Waals surface area contributed by atoms with E-state index in [1.807, 2.05) is 0 Å². The zero-order chi connectivity index (χ0) is 40.2. The molecule has 2 nitrogen and oxygen atoms in total. The number of hydrogen-bond donors (Lipinski definition) is 0. The topological polar surface area (TPSA) is 8.82 Å². The molecule has 0 spiro atoms. The van der Waals surface area contributed by atoms with Gasteiger partial charge in [0.05, 0.1) is 33.1 Å². The SMILES string of the molecule is c1cc(-c2ccc3c4ccccc4c4ccccc4c3c2)cc(-c2ccc3c(c2)c2cc(-c4cc5c6ccccc6n6c7ccccc7c(c4)c56)cc4c5ccccc5n3c42)c1. The lowest BCUT2D eigenvalue weighted by molar-refractivity contribution is 1.37. The second-order valence-corrected chi connectivity index (χ2v) is 17.2. The van der Waals surface area contributed by atoms with Crippen LogP contribution in [0.15, 0.2) is 206 Å². The van der Waals surface area contributed by atoms with Gasteiger partial charge in [-0.25, -0.2) is 0 Å². The van der Waals surface area contributed by atoms with Gasteiger partial charge in [0.25, 0.3) is 0 Å². The van der Waals surface area contributed by atoms with E-state index in [4.69, 9.17) is 0 Å². The number of nitrogens with zero attached hydrogens (tertiary/aromatic N) is 2. The monoisotopic (exact) mass is 782 g/mol. The summed E-state index contributed by atoms with van der Waals surface area (Å²) in [5.74, 6) is 0. The molecule has 11 aromatic carbocycles. The molecule has 0 fully saturated rings. The predicted molar refractivity (Wildman–Crippen MR) is 265 cm³/mol. The number of para-hydroxylation sites is 3. The molecule has 0 saturated carbocycles. The van der Waals surface area contributed by atoms with Crippen molar-refractivity contribution >= 4 is 109 Å². The molecule has 0 aliphatic carbocycles. The molecule has 2 heteroatoms. The average molecular weight is 783 g/mol. The molecule has 0 N–H and O–H groups in total. The molecule has 0 radical (unpaired) electrons. The van der Waals surface area contributed by atoms with E-state index in [1.165, 1.54) is 142 Å². The highest BCUT2D eigenvalue weighted by Crippen LogP contribution is 2.46. The Morgan fingerprint density at radius 1 is 0.177 bits per heavy atom. The van der Waals surface area contributed by atoms with Crippen LogP contribution in [-0.4, -0.2) is 8.80 Å². The highest BCUT2D eigenvalue weighted by molar-refractivity contribution is 6.28. The maximum Gasteiger partial charge on any atom is 0.0620 e. The van der Waals surface area contributed by atoms with Crippen LogP contribution in [0, 0.1) is 0 Å². The van der Waals surface area contributed by atoms with Crippen LogP contribution in [-0.2, 0) is 0 Å². The Bertz CT molecular complexity index is 4270. The van der Waals surface area contributed by atoms with Crippen LogP contribution in [0.1, 0.15) is 0 Å². The van der Waals surface area contributed by atoms with E-state index in [1.54, 1.807) is 0 Å². The van der Waals surface area contributed by atoms with Crippen molar-refractivity contribution in [3.8, 4) is 33.4 Å². The Labute approximate surface area is 355 Å². The second-order valence-electron chi connectivity index (χ2n) is 17.2. The van der Waals surface area contributed by atoms with Gasteiger partial charge in [0.1, 0.15) is 0 Å². The van der Waals surface area contributed by atoms with Crippen LogP contribution in [0.5, 0.6) is 0 Å². The summed E-state index contributed by atoms with van der Waals surface area (Å²) in [6, 6.07) is 77.3. The van der Waals surface area contributed by atoms with Crippen molar-refractivity contribution in [2.45, 2.75) is 0 Å². The van der Waals surface area contributed by atoms with Crippen LogP contribution in [0.25, 0.3) is 142 Å².